The molecule has 1 aromatic rings. The highest BCUT2D eigenvalue weighted by molar-refractivity contribution is 5.37. The van der Waals surface area contributed by atoms with Crippen LogP contribution in [0.25, 0.3) is 0 Å². The Morgan fingerprint density at radius 1 is 1.39 bits per heavy atom. The van der Waals surface area contributed by atoms with Gasteiger partial charge in [0.05, 0.1) is 0 Å². The summed E-state index contributed by atoms with van der Waals surface area (Å²) in [6.45, 7) is 2.71. The Labute approximate surface area is 107 Å². The van der Waals surface area contributed by atoms with E-state index in [1.54, 1.807) is 0 Å². The monoisotopic (exact) mass is 248 g/mol. The lowest BCUT2D eigenvalue weighted by Gasteiger charge is -2.16. The van der Waals surface area contributed by atoms with Crippen molar-refractivity contribution >= 4 is 5.82 Å². The zero-order valence-corrected chi connectivity index (χ0v) is 10.7. The average molecular weight is 248 g/mol. The van der Waals surface area contributed by atoms with Gasteiger partial charge in [-0.15, -0.1) is 0 Å². The molecule has 2 aliphatic carbocycles. The van der Waals surface area contributed by atoms with E-state index in [9.17, 15) is 0 Å². The minimum Gasteiger partial charge on any atom is -0.370 e. The van der Waals surface area contributed by atoms with E-state index in [2.05, 4.69) is 10.4 Å². The van der Waals surface area contributed by atoms with Crippen LogP contribution in [0, 0.1) is 5.92 Å². The summed E-state index contributed by atoms with van der Waals surface area (Å²) in [5, 5.41) is 0. The number of anilines is 1. The predicted octanol–water partition coefficient (Wildman–Crippen LogP) is 2.13. The number of nitrogens with one attached hydrogen (secondary N) is 1. The summed E-state index contributed by atoms with van der Waals surface area (Å²) < 4.78 is 5.81. The highest BCUT2D eigenvalue weighted by Crippen LogP contribution is 2.44. The smallest absolute Gasteiger partial charge is 0.160 e. The summed E-state index contributed by atoms with van der Waals surface area (Å²) in [4.78, 5) is 9.16. The molecule has 3 rings (SSSR count). The molecule has 1 atom stereocenters. The summed E-state index contributed by atoms with van der Waals surface area (Å²) in [7, 11) is 0. The Bertz CT molecular complexity index is 429. The maximum Gasteiger partial charge on any atom is 0.160 e. The van der Waals surface area contributed by atoms with E-state index >= 15 is 0 Å². The number of hydrogen-bond acceptors (Lipinski definition) is 5. The van der Waals surface area contributed by atoms with Gasteiger partial charge >= 0.3 is 0 Å². The molecule has 0 aliphatic heterocycles. The second-order valence-electron chi connectivity index (χ2n) is 5.17. The number of nitrogens with two attached hydrogens (primary N) is 1. The van der Waals surface area contributed by atoms with E-state index < -0.39 is 0 Å². The van der Waals surface area contributed by atoms with Gasteiger partial charge < -0.3 is 10.2 Å². The van der Waals surface area contributed by atoms with Crippen molar-refractivity contribution in [2.45, 2.75) is 44.6 Å². The molecule has 0 amide bonds. The summed E-state index contributed by atoms with van der Waals surface area (Å²) in [5.41, 5.74) is 3.75. The third-order valence-electron chi connectivity index (χ3n) is 3.56. The van der Waals surface area contributed by atoms with Crippen molar-refractivity contribution in [3.8, 4) is 0 Å². The van der Waals surface area contributed by atoms with Gasteiger partial charge in [-0.1, -0.05) is 0 Å². The van der Waals surface area contributed by atoms with Crippen LogP contribution in [-0.2, 0) is 4.74 Å². The molecule has 0 saturated heterocycles. The standard InChI is InChI=1S/C13H20N4O/c1-2-18-12(9-5-6-9)13-15-10(8-3-4-8)7-11(16-13)17-14/h7-9,12H,2-6,14H2,1H3,(H,15,16,17). The van der Waals surface area contributed by atoms with E-state index in [-0.39, 0.29) is 6.10 Å². The van der Waals surface area contributed by atoms with Crippen molar-refractivity contribution in [2.24, 2.45) is 11.8 Å². The summed E-state index contributed by atoms with van der Waals surface area (Å²) in [5.74, 6) is 8.18. The highest BCUT2D eigenvalue weighted by atomic mass is 16.5. The first-order valence-corrected chi connectivity index (χ1v) is 6.79. The Kier molecular flexibility index (Phi) is 3.18. The number of hydrogen-bond donors (Lipinski definition) is 2. The van der Waals surface area contributed by atoms with Gasteiger partial charge in [0.1, 0.15) is 11.9 Å². The normalized spacial score (nSPS) is 20.8. The highest BCUT2D eigenvalue weighted by Gasteiger charge is 2.36. The van der Waals surface area contributed by atoms with Crippen LogP contribution in [0.5, 0.6) is 0 Å². The van der Waals surface area contributed by atoms with E-state index in [1.807, 2.05) is 13.0 Å². The summed E-state index contributed by atoms with van der Waals surface area (Å²) >= 11 is 0. The molecule has 5 heteroatoms. The largest absolute Gasteiger partial charge is 0.370 e. The van der Waals surface area contributed by atoms with Gasteiger partial charge in [0, 0.05) is 24.3 Å². The fourth-order valence-electron chi connectivity index (χ4n) is 2.27. The fraction of sp³-hybridized carbons (Fsp3) is 0.692. The molecule has 2 aliphatic rings. The molecule has 0 spiro atoms. The first-order valence-electron chi connectivity index (χ1n) is 6.79. The molecule has 18 heavy (non-hydrogen) atoms. The molecule has 1 aromatic heterocycles. The first-order chi connectivity index (χ1) is 8.81. The van der Waals surface area contributed by atoms with Crippen LogP contribution >= 0.6 is 0 Å². The number of nitrogen functional groups attached to an aromatic ring is 1. The Morgan fingerprint density at radius 2 is 2.17 bits per heavy atom. The maximum atomic E-state index is 5.81. The molecule has 1 heterocycles. The van der Waals surface area contributed by atoms with Gasteiger partial charge in [0.2, 0.25) is 0 Å². The summed E-state index contributed by atoms with van der Waals surface area (Å²) in [6, 6.07) is 1.96. The Morgan fingerprint density at radius 3 is 2.72 bits per heavy atom. The van der Waals surface area contributed by atoms with Crippen LogP contribution < -0.4 is 11.3 Å². The number of ether oxygens (including phenoxy) is 1. The first kappa shape index (κ1) is 11.9. The molecule has 3 N–H and O–H groups in total. The van der Waals surface area contributed by atoms with Crippen LogP contribution in [-0.4, -0.2) is 16.6 Å². The quantitative estimate of drug-likeness (QED) is 0.596. The molecule has 5 nitrogen and oxygen atoms in total. The van der Waals surface area contributed by atoms with Crippen molar-refractivity contribution in [3.05, 3.63) is 17.6 Å². The van der Waals surface area contributed by atoms with Gasteiger partial charge in [0.25, 0.3) is 0 Å². The van der Waals surface area contributed by atoms with Crippen LogP contribution in [0.1, 0.15) is 56.1 Å². The van der Waals surface area contributed by atoms with E-state index in [0.717, 1.165) is 11.5 Å². The van der Waals surface area contributed by atoms with Gasteiger partial charge in [-0.2, -0.15) is 0 Å². The zero-order valence-electron chi connectivity index (χ0n) is 10.7. The molecule has 0 aromatic carbocycles. The number of aromatic nitrogens is 2. The van der Waals surface area contributed by atoms with Crippen molar-refractivity contribution < 1.29 is 4.74 Å². The SMILES string of the molecule is CCOC(c1nc(NN)cc(C2CC2)n1)C1CC1. The third kappa shape index (κ3) is 2.47. The summed E-state index contributed by atoms with van der Waals surface area (Å²) in [6.07, 6.45) is 4.92. The average Bonchev–Trinajstić information content (AvgIpc) is 3.27. The van der Waals surface area contributed by atoms with Crippen LogP contribution in [0.4, 0.5) is 5.82 Å². The lowest BCUT2D eigenvalue weighted by molar-refractivity contribution is 0.0400. The molecule has 98 valence electrons. The topological polar surface area (TPSA) is 73.1 Å². The van der Waals surface area contributed by atoms with Gasteiger partial charge in [-0.25, -0.2) is 15.8 Å². The molecule has 2 saturated carbocycles. The van der Waals surface area contributed by atoms with Crippen LogP contribution in [0.2, 0.25) is 0 Å². The lowest BCUT2D eigenvalue weighted by atomic mass is 10.2. The third-order valence-corrected chi connectivity index (χ3v) is 3.56. The molecule has 0 radical (unpaired) electrons. The molecular weight excluding hydrogens is 228 g/mol. The molecule has 0 bridgehead atoms. The molecular formula is C13H20N4O. The van der Waals surface area contributed by atoms with Crippen molar-refractivity contribution in [1.29, 1.82) is 0 Å². The Balaban J connectivity index is 1.90. The van der Waals surface area contributed by atoms with Gasteiger partial charge in [-0.3, -0.25) is 0 Å². The van der Waals surface area contributed by atoms with Gasteiger partial charge in [-0.05, 0) is 38.5 Å². The molecule has 2 fully saturated rings. The second-order valence-corrected chi connectivity index (χ2v) is 5.17. The van der Waals surface area contributed by atoms with Gasteiger partial charge in [0.15, 0.2) is 5.82 Å². The van der Waals surface area contributed by atoms with Crippen molar-refractivity contribution in [1.82, 2.24) is 9.97 Å². The predicted molar refractivity (Wildman–Crippen MR) is 68.9 cm³/mol. The van der Waals surface area contributed by atoms with Crippen LogP contribution in [0.3, 0.4) is 0 Å². The fourth-order valence-corrected chi connectivity index (χ4v) is 2.27. The minimum absolute atomic E-state index is 0.0424. The molecule has 1 unspecified atom stereocenters. The van der Waals surface area contributed by atoms with Crippen LogP contribution in [0.15, 0.2) is 6.07 Å². The second kappa shape index (κ2) is 4.82. The number of rotatable bonds is 6. The van der Waals surface area contributed by atoms with Crippen molar-refractivity contribution in [2.75, 3.05) is 12.0 Å². The lowest BCUT2D eigenvalue weighted by Crippen LogP contribution is -2.16. The maximum absolute atomic E-state index is 5.81. The van der Waals surface area contributed by atoms with E-state index in [4.69, 9.17) is 15.6 Å². The number of hydrazine groups is 1. The van der Waals surface area contributed by atoms with E-state index in [1.165, 1.54) is 25.7 Å². The zero-order chi connectivity index (χ0) is 12.5. The Hall–Kier alpha value is -1.20. The minimum atomic E-state index is 0.0424. The van der Waals surface area contributed by atoms with E-state index in [0.29, 0.717) is 24.3 Å². The number of nitrogens with zero attached hydrogens (tertiary/aromatic N) is 2. The van der Waals surface area contributed by atoms with Crippen molar-refractivity contribution in [3.63, 3.8) is 0 Å².